The zero-order chi connectivity index (χ0) is 12.6. The Hall–Kier alpha value is -0.360. The summed E-state index contributed by atoms with van der Waals surface area (Å²) in [6.45, 7) is 8.35. The van der Waals surface area contributed by atoms with Crippen LogP contribution >= 0.6 is 22.6 Å². The second-order valence-corrected chi connectivity index (χ2v) is 6.39. The summed E-state index contributed by atoms with van der Waals surface area (Å²) in [5, 5.41) is 3.50. The van der Waals surface area contributed by atoms with Gasteiger partial charge in [-0.05, 0) is 55.5 Å². The van der Waals surface area contributed by atoms with Crippen molar-refractivity contribution in [1.82, 2.24) is 5.32 Å². The first-order valence-electron chi connectivity index (χ1n) is 5.86. The molecule has 0 aromatic heterocycles. The maximum Gasteiger partial charge on any atom is 0.138 e. The number of anilines is 1. The highest BCUT2D eigenvalue weighted by Crippen LogP contribution is 2.29. The lowest BCUT2D eigenvalue weighted by Gasteiger charge is -2.45. The van der Waals surface area contributed by atoms with Crippen molar-refractivity contribution in [1.29, 1.82) is 0 Å². The van der Waals surface area contributed by atoms with Crippen LogP contribution in [-0.2, 0) is 0 Å². The molecule has 1 heterocycles. The Balaban J connectivity index is 2.34. The van der Waals surface area contributed by atoms with Crippen molar-refractivity contribution in [2.75, 3.05) is 18.0 Å². The fourth-order valence-corrected chi connectivity index (χ4v) is 2.88. The van der Waals surface area contributed by atoms with E-state index in [1.165, 1.54) is 6.07 Å². The summed E-state index contributed by atoms with van der Waals surface area (Å²) >= 11 is 2.09. The van der Waals surface area contributed by atoms with E-state index in [-0.39, 0.29) is 11.4 Å². The Morgan fingerprint density at radius 3 is 2.88 bits per heavy atom. The van der Waals surface area contributed by atoms with E-state index in [4.69, 9.17) is 0 Å². The third-order valence-corrected chi connectivity index (χ3v) is 4.28. The molecule has 2 rings (SSSR count). The number of benzene rings is 1. The van der Waals surface area contributed by atoms with Crippen LogP contribution in [0.3, 0.4) is 0 Å². The normalized spacial score (nSPS) is 23.8. The number of halogens is 2. The maximum absolute atomic E-state index is 13.6. The summed E-state index contributed by atoms with van der Waals surface area (Å²) in [7, 11) is 0. The summed E-state index contributed by atoms with van der Waals surface area (Å²) in [5.41, 5.74) is 1.08. The molecule has 94 valence electrons. The monoisotopic (exact) mass is 348 g/mol. The molecule has 4 heteroatoms. The van der Waals surface area contributed by atoms with Gasteiger partial charge in [0.2, 0.25) is 0 Å². The fraction of sp³-hybridized carbons (Fsp3) is 0.538. The molecule has 17 heavy (non-hydrogen) atoms. The minimum absolute atomic E-state index is 0.0713. The van der Waals surface area contributed by atoms with Gasteiger partial charge in [0.1, 0.15) is 5.82 Å². The van der Waals surface area contributed by atoms with Gasteiger partial charge in [-0.3, -0.25) is 0 Å². The van der Waals surface area contributed by atoms with Crippen molar-refractivity contribution in [2.24, 2.45) is 0 Å². The van der Waals surface area contributed by atoms with Crippen molar-refractivity contribution >= 4 is 28.3 Å². The summed E-state index contributed by atoms with van der Waals surface area (Å²) in [6.07, 6.45) is 0. The second kappa shape index (κ2) is 4.72. The molecule has 1 fully saturated rings. The highest BCUT2D eigenvalue weighted by molar-refractivity contribution is 14.1. The van der Waals surface area contributed by atoms with E-state index < -0.39 is 0 Å². The van der Waals surface area contributed by atoms with Gasteiger partial charge in [-0.25, -0.2) is 4.39 Å². The Morgan fingerprint density at radius 2 is 2.18 bits per heavy atom. The Bertz CT molecular complexity index is 420. The van der Waals surface area contributed by atoms with Crippen LogP contribution in [0.1, 0.15) is 20.8 Å². The van der Waals surface area contributed by atoms with Gasteiger partial charge in [-0.1, -0.05) is 6.07 Å². The van der Waals surface area contributed by atoms with Crippen LogP contribution < -0.4 is 10.2 Å². The number of hydrogen-bond acceptors (Lipinski definition) is 2. The van der Waals surface area contributed by atoms with Crippen molar-refractivity contribution < 1.29 is 4.39 Å². The van der Waals surface area contributed by atoms with Gasteiger partial charge in [0.15, 0.2) is 0 Å². The van der Waals surface area contributed by atoms with E-state index in [1.807, 2.05) is 6.07 Å². The predicted molar refractivity (Wildman–Crippen MR) is 78.0 cm³/mol. The number of rotatable bonds is 1. The molecule has 1 unspecified atom stereocenters. The van der Waals surface area contributed by atoms with Crippen LogP contribution in [0.2, 0.25) is 0 Å². The van der Waals surface area contributed by atoms with Crippen molar-refractivity contribution in [2.45, 2.75) is 32.4 Å². The molecule has 0 spiro atoms. The maximum atomic E-state index is 13.6. The molecule has 0 aliphatic carbocycles. The molecule has 1 aromatic rings. The van der Waals surface area contributed by atoms with E-state index >= 15 is 0 Å². The molecule has 1 aromatic carbocycles. The summed E-state index contributed by atoms with van der Waals surface area (Å²) in [5.74, 6) is -0.133. The standard InChI is InChI=1S/C13H18FIN2/c1-9-7-16-13(2,3)8-17(9)11-6-4-5-10(14)12(11)15/h4-6,9,16H,7-8H2,1-3H3. The lowest BCUT2D eigenvalue weighted by Crippen LogP contribution is -2.61. The summed E-state index contributed by atoms with van der Waals surface area (Å²) < 4.78 is 14.3. The van der Waals surface area contributed by atoms with E-state index in [1.54, 1.807) is 6.07 Å². The van der Waals surface area contributed by atoms with Gasteiger partial charge < -0.3 is 10.2 Å². The number of piperazine rings is 1. The fourth-order valence-electron chi connectivity index (χ4n) is 2.21. The highest BCUT2D eigenvalue weighted by atomic mass is 127. The quantitative estimate of drug-likeness (QED) is 0.785. The van der Waals surface area contributed by atoms with E-state index in [0.29, 0.717) is 6.04 Å². The van der Waals surface area contributed by atoms with Gasteiger partial charge in [0.05, 0.1) is 9.26 Å². The molecule has 1 aliphatic heterocycles. The van der Waals surface area contributed by atoms with Gasteiger partial charge >= 0.3 is 0 Å². The minimum atomic E-state index is -0.133. The van der Waals surface area contributed by atoms with Crippen LogP contribution in [0.4, 0.5) is 10.1 Å². The van der Waals surface area contributed by atoms with Gasteiger partial charge in [0.25, 0.3) is 0 Å². The zero-order valence-corrected chi connectivity index (χ0v) is 12.6. The van der Waals surface area contributed by atoms with Crippen molar-refractivity contribution in [3.8, 4) is 0 Å². The van der Waals surface area contributed by atoms with Crippen LogP contribution in [0.25, 0.3) is 0 Å². The van der Waals surface area contributed by atoms with Crippen LogP contribution in [0, 0.1) is 9.39 Å². The largest absolute Gasteiger partial charge is 0.365 e. The molecular weight excluding hydrogens is 330 g/mol. The lowest BCUT2D eigenvalue weighted by molar-refractivity contribution is 0.318. The molecule has 1 atom stereocenters. The highest BCUT2D eigenvalue weighted by Gasteiger charge is 2.31. The third-order valence-electron chi connectivity index (χ3n) is 3.21. The van der Waals surface area contributed by atoms with E-state index in [0.717, 1.165) is 22.3 Å². The lowest BCUT2D eigenvalue weighted by atomic mass is 9.98. The van der Waals surface area contributed by atoms with Crippen LogP contribution in [-0.4, -0.2) is 24.7 Å². The van der Waals surface area contributed by atoms with E-state index in [9.17, 15) is 4.39 Å². The van der Waals surface area contributed by atoms with E-state index in [2.05, 4.69) is 53.6 Å². The smallest absolute Gasteiger partial charge is 0.138 e. The Kier molecular flexibility index (Phi) is 3.63. The summed E-state index contributed by atoms with van der Waals surface area (Å²) in [4.78, 5) is 2.29. The first kappa shape index (κ1) is 13.1. The topological polar surface area (TPSA) is 15.3 Å². The van der Waals surface area contributed by atoms with Crippen molar-refractivity contribution in [3.63, 3.8) is 0 Å². The molecular formula is C13H18FIN2. The third kappa shape index (κ3) is 2.73. The molecule has 1 aliphatic rings. The first-order valence-corrected chi connectivity index (χ1v) is 6.94. The first-order chi connectivity index (χ1) is 7.91. The molecule has 0 radical (unpaired) electrons. The molecule has 1 saturated heterocycles. The number of hydrogen-bond donors (Lipinski definition) is 1. The van der Waals surface area contributed by atoms with Crippen LogP contribution in [0.5, 0.6) is 0 Å². The zero-order valence-electron chi connectivity index (χ0n) is 10.4. The SMILES string of the molecule is CC1CNC(C)(C)CN1c1cccc(F)c1I. The molecule has 0 bridgehead atoms. The van der Waals surface area contributed by atoms with Gasteiger partial charge in [0, 0.05) is 24.7 Å². The Morgan fingerprint density at radius 1 is 1.47 bits per heavy atom. The van der Waals surface area contributed by atoms with Crippen molar-refractivity contribution in [3.05, 3.63) is 27.6 Å². The van der Waals surface area contributed by atoms with Gasteiger partial charge in [-0.2, -0.15) is 0 Å². The molecule has 0 saturated carbocycles. The minimum Gasteiger partial charge on any atom is -0.365 e. The average Bonchev–Trinajstić information content (AvgIpc) is 2.26. The van der Waals surface area contributed by atoms with Gasteiger partial charge in [-0.15, -0.1) is 0 Å². The Labute approximate surface area is 116 Å². The number of nitrogens with zero attached hydrogens (tertiary/aromatic N) is 1. The second-order valence-electron chi connectivity index (χ2n) is 5.31. The number of nitrogens with one attached hydrogen (secondary N) is 1. The summed E-state index contributed by atoms with van der Waals surface area (Å²) in [6, 6.07) is 5.69. The molecule has 2 nitrogen and oxygen atoms in total. The molecule has 0 amide bonds. The predicted octanol–water partition coefficient (Wildman–Crippen LogP) is 3.01. The van der Waals surface area contributed by atoms with Crippen LogP contribution in [0.15, 0.2) is 18.2 Å². The average molecular weight is 348 g/mol. The molecule has 1 N–H and O–H groups in total.